The second-order valence-corrected chi connectivity index (χ2v) is 7.77. The molecule has 1 amide bonds. The zero-order valence-electron chi connectivity index (χ0n) is 11.8. The Morgan fingerprint density at radius 2 is 1.95 bits per heavy atom. The van der Waals surface area contributed by atoms with E-state index in [0.29, 0.717) is 16.3 Å². The first-order chi connectivity index (χ1) is 10.6. The average molecular weight is 347 g/mol. The van der Waals surface area contributed by atoms with Crippen LogP contribution in [0.5, 0.6) is 0 Å². The van der Waals surface area contributed by atoms with Gasteiger partial charge in [-0.2, -0.15) is 0 Å². The summed E-state index contributed by atoms with van der Waals surface area (Å²) in [4.78, 5) is 27.4. The van der Waals surface area contributed by atoms with Gasteiger partial charge in [0.25, 0.3) is 5.91 Å². The summed E-state index contributed by atoms with van der Waals surface area (Å²) >= 11 is 4.31. The monoisotopic (exact) mass is 347 g/mol. The molecule has 3 aromatic rings. The lowest BCUT2D eigenvalue weighted by Gasteiger charge is -2.00. The lowest BCUT2D eigenvalue weighted by Crippen LogP contribution is -2.21. The van der Waals surface area contributed by atoms with Crippen molar-refractivity contribution in [3.63, 3.8) is 0 Å². The molecule has 112 valence electrons. The first-order valence-electron chi connectivity index (χ1n) is 6.64. The number of thiophene rings is 3. The van der Waals surface area contributed by atoms with E-state index in [2.05, 4.69) is 5.32 Å². The molecule has 0 aliphatic heterocycles. The van der Waals surface area contributed by atoms with Crippen LogP contribution in [0.2, 0.25) is 0 Å². The molecule has 0 aromatic carbocycles. The van der Waals surface area contributed by atoms with Gasteiger partial charge in [0.2, 0.25) is 5.78 Å². The molecule has 0 fully saturated rings. The van der Waals surface area contributed by atoms with Crippen molar-refractivity contribution in [2.45, 2.75) is 13.5 Å². The Morgan fingerprint density at radius 1 is 1.09 bits per heavy atom. The molecule has 0 atom stereocenters. The van der Waals surface area contributed by atoms with Gasteiger partial charge in [0.05, 0.1) is 21.2 Å². The Labute approximate surface area is 140 Å². The van der Waals surface area contributed by atoms with E-state index in [1.807, 2.05) is 48.0 Å². The minimum atomic E-state index is -0.0716. The molecule has 1 N–H and O–H groups in total. The minimum absolute atomic E-state index is 0.0476. The van der Waals surface area contributed by atoms with Crippen molar-refractivity contribution in [1.82, 2.24) is 5.32 Å². The third-order valence-corrected chi connectivity index (χ3v) is 6.01. The second kappa shape index (κ2) is 6.56. The molecule has 0 aliphatic carbocycles. The van der Waals surface area contributed by atoms with Gasteiger partial charge in [-0.3, -0.25) is 9.59 Å². The fourth-order valence-electron chi connectivity index (χ4n) is 1.93. The van der Waals surface area contributed by atoms with Crippen LogP contribution < -0.4 is 5.32 Å². The van der Waals surface area contributed by atoms with E-state index in [0.717, 1.165) is 15.3 Å². The second-order valence-electron chi connectivity index (χ2n) is 4.74. The average Bonchev–Trinajstić information content (AvgIpc) is 3.25. The van der Waals surface area contributed by atoms with Crippen LogP contribution in [0.1, 0.15) is 34.7 Å². The first-order valence-corrected chi connectivity index (χ1v) is 9.21. The topological polar surface area (TPSA) is 46.2 Å². The summed E-state index contributed by atoms with van der Waals surface area (Å²) in [5.41, 5.74) is 1.09. The van der Waals surface area contributed by atoms with Gasteiger partial charge >= 0.3 is 0 Å². The van der Waals surface area contributed by atoms with E-state index in [9.17, 15) is 9.59 Å². The zero-order valence-corrected chi connectivity index (χ0v) is 14.2. The van der Waals surface area contributed by atoms with Crippen LogP contribution in [0.4, 0.5) is 0 Å². The molecule has 0 saturated heterocycles. The molecule has 0 bridgehead atoms. The predicted molar refractivity (Wildman–Crippen MR) is 92.3 cm³/mol. The first kappa shape index (κ1) is 15.1. The molecule has 3 aromatic heterocycles. The maximum absolute atomic E-state index is 12.2. The minimum Gasteiger partial charge on any atom is -0.346 e. The highest BCUT2D eigenvalue weighted by atomic mass is 32.1. The van der Waals surface area contributed by atoms with Crippen molar-refractivity contribution >= 4 is 45.7 Å². The third-order valence-electron chi connectivity index (χ3n) is 3.01. The van der Waals surface area contributed by atoms with Crippen molar-refractivity contribution in [2.75, 3.05) is 0 Å². The van der Waals surface area contributed by atoms with Gasteiger partial charge in [0.15, 0.2) is 0 Å². The Bertz CT molecular complexity index is 799. The largest absolute Gasteiger partial charge is 0.346 e. The zero-order chi connectivity index (χ0) is 15.5. The summed E-state index contributed by atoms with van der Waals surface area (Å²) in [5.74, 6) is -0.0240. The molecule has 0 aliphatic rings. The van der Waals surface area contributed by atoms with Crippen LogP contribution in [0, 0.1) is 6.92 Å². The van der Waals surface area contributed by atoms with Gasteiger partial charge in [-0.25, -0.2) is 0 Å². The lowest BCUT2D eigenvalue weighted by molar-refractivity contribution is 0.0954. The molecule has 22 heavy (non-hydrogen) atoms. The van der Waals surface area contributed by atoms with Gasteiger partial charge in [0.1, 0.15) is 0 Å². The highest BCUT2D eigenvalue weighted by Gasteiger charge is 2.13. The molecule has 3 rings (SSSR count). The highest BCUT2D eigenvalue weighted by molar-refractivity contribution is 7.16. The molecule has 3 heterocycles. The standard InChI is InChI=1S/C16H13NO2S3/c1-10-7-14(21-9-10)16(19)17-8-11-4-5-13(22-11)15(18)12-3-2-6-20-12/h2-7,9H,8H2,1H3,(H,17,19). The van der Waals surface area contributed by atoms with Crippen LogP contribution in [-0.2, 0) is 6.54 Å². The van der Waals surface area contributed by atoms with Crippen LogP contribution in [-0.4, -0.2) is 11.7 Å². The van der Waals surface area contributed by atoms with Gasteiger partial charge in [0, 0.05) is 4.88 Å². The van der Waals surface area contributed by atoms with E-state index in [1.54, 1.807) is 0 Å². The van der Waals surface area contributed by atoms with E-state index in [-0.39, 0.29) is 11.7 Å². The predicted octanol–water partition coefficient (Wildman–Crippen LogP) is 4.34. The number of hydrogen-bond acceptors (Lipinski definition) is 5. The van der Waals surface area contributed by atoms with Gasteiger partial charge in [-0.1, -0.05) is 6.07 Å². The van der Waals surface area contributed by atoms with Gasteiger partial charge in [-0.15, -0.1) is 34.0 Å². The Morgan fingerprint density at radius 3 is 2.64 bits per heavy atom. The summed E-state index contributed by atoms with van der Waals surface area (Å²) in [6.07, 6.45) is 0. The number of nitrogens with one attached hydrogen (secondary N) is 1. The van der Waals surface area contributed by atoms with Crippen molar-refractivity contribution < 1.29 is 9.59 Å². The highest BCUT2D eigenvalue weighted by Crippen LogP contribution is 2.22. The fourth-order valence-corrected chi connectivity index (χ4v) is 4.39. The van der Waals surface area contributed by atoms with Crippen LogP contribution >= 0.6 is 34.0 Å². The van der Waals surface area contributed by atoms with Crippen molar-refractivity contribution in [1.29, 1.82) is 0 Å². The number of ketones is 1. The lowest BCUT2D eigenvalue weighted by atomic mass is 10.3. The molecule has 0 radical (unpaired) electrons. The maximum Gasteiger partial charge on any atom is 0.261 e. The molecule has 6 heteroatoms. The molecular formula is C16H13NO2S3. The Balaban J connectivity index is 1.62. The van der Waals surface area contributed by atoms with E-state index in [4.69, 9.17) is 0 Å². The molecule has 0 unspecified atom stereocenters. The normalized spacial score (nSPS) is 10.6. The van der Waals surface area contributed by atoms with Crippen molar-refractivity contribution in [2.24, 2.45) is 0 Å². The van der Waals surface area contributed by atoms with Crippen LogP contribution in [0.3, 0.4) is 0 Å². The molecular weight excluding hydrogens is 334 g/mol. The smallest absolute Gasteiger partial charge is 0.261 e. The van der Waals surface area contributed by atoms with Crippen molar-refractivity contribution in [3.8, 4) is 0 Å². The fraction of sp³-hybridized carbons (Fsp3) is 0.125. The van der Waals surface area contributed by atoms with Gasteiger partial charge < -0.3 is 5.32 Å². The number of amides is 1. The van der Waals surface area contributed by atoms with E-state index < -0.39 is 0 Å². The Hall–Kier alpha value is -1.76. The third kappa shape index (κ3) is 3.35. The number of hydrogen-bond donors (Lipinski definition) is 1. The summed E-state index contributed by atoms with van der Waals surface area (Å²) < 4.78 is 0. The number of carbonyl (C=O) groups is 2. The van der Waals surface area contributed by atoms with Crippen LogP contribution in [0.15, 0.2) is 41.1 Å². The molecule has 0 spiro atoms. The summed E-state index contributed by atoms with van der Waals surface area (Å²) in [6, 6.07) is 9.29. The molecule has 0 saturated carbocycles. The Kier molecular flexibility index (Phi) is 4.52. The van der Waals surface area contributed by atoms with Crippen molar-refractivity contribution in [3.05, 3.63) is 66.2 Å². The van der Waals surface area contributed by atoms with Gasteiger partial charge in [-0.05, 0) is 47.5 Å². The van der Waals surface area contributed by atoms with E-state index >= 15 is 0 Å². The van der Waals surface area contributed by atoms with Crippen LogP contribution in [0.25, 0.3) is 0 Å². The summed E-state index contributed by atoms with van der Waals surface area (Å²) in [6.45, 7) is 2.41. The SMILES string of the molecule is Cc1csc(C(=O)NCc2ccc(C(=O)c3cccs3)s2)c1. The quantitative estimate of drug-likeness (QED) is 0.698. The molecule has 3 nitrogen and oxygen atoms in total. The summed E-state index contributed by atoms with van der Waals surface area (Å²) in [5, 5.41) is 6.74. The number of rotatable bonds is 5. The van der Waals surface area contributed by atoms with E-state index in [1.165, 1.54) is 34.0 Å². The number of carbonyl (C=O) groups excluding carboxylic acids is 2. The maximum atomic E-state index is 12.2. The summed E-state index contributed by atoms with van der Waals surface area (Å²) in [7, 11) is 0. The number of aryl methyl sites for hydroxylation is 1.